The predicted octanol–water partition coefficient (Wildman–Crippen LogP) is 3.76. The maximum atomic E-state index is 12.9. The van der Waals surface area contributed by atoms with Gasteiger partial charge in [0.1, 0.15) is 5.75 Å². The van der Waals surface area contributed by atoms with Gasteiger partial charge in [0.25, 0.3) is 0 Å². The maximum Gasteiger partial charge on any atom is 0.310 e. The lowest BCUT2D eigenvalue weighted by atomic mass is 9.92. The number of aliphatic carboxylic acids is 1. The summed E-state index contributed by atoms with van der Waals surface area (Å²) in [5.41, 5.74) is 2.57. The number of carboxylic acids is 1. The van der Waals surface area contributed by atoms with Gasteiger partial charge in [-0.15, -0.1) is 11.8 Å². The van der Waals surface area contributed by atoms with Gasteiger partial charge < -0.3 is 9.84 Å². The van der Waals surface area contributed by atoms with Crippen LogP contribution >= 0.6 is 11.8 Å². The Morgan fingerprint density at radius 3 is 2.54 bits per heavy atom. The van der Waals surface area contributed by atoms with Crippen LogP contribution < -0.4 is 4.74 Å². The van der Waals surface area contributed by atoms with E-state index in [1.54, 1.807) is 36.9 Å². The van der Waals surface area contributed by atoms with E-state index < -0.39 is 11.9 Å². The molecular formula is C19H18O4S. The molecule has 24 heavy (non-hydrogen) atoms. The third-order valence-corrected chi connectivity index (χ3v) is 5.02. The van der Waals surface area contributed by atoms with E-state index in [9.17, 15) is 14.7 Å². The van der Waals surface area contributed by atoms with E-state index in [0.717, 1.165) is 10.5 Å². The molecule has 124 valence electrons. The third kappa shape index (κ3) is 3.04. The number of hydrogen-bond donors (Lipinski definition) is 1. The summed E-state index contributed by atoms with van der Waals surface area (Å²) in [6.45, 7) is 2.15. The van der Waals surface area contributed by atoms with Gasteiger partial charge in [-0.3, -0.25) is 9.59 Å². The first-order valence-electron chi connectivity index (χ1n) is 7.72. The van der Waals surface area contributed by atoms with Crippen LogP contribution in [0.5, 0.6) is 5.75 Å². The number of ketones is 1. The molecule has 0 radical (unpaired) electrons. The topological polar surface area (TPSA) is 63.6 Å². The summed E-state index contributed by atoms with van der Waals surface area (Å²) >= 11 is 1.61. The monoisotopic (exact) mass is 342 g/mol. The molecule has 0 saturated heterocycles. The fraction of sp³-hybridized carbons (Fsp3) is 0.263. The van der Waals surface area contributed by atoms with Crippen molar-refractivity contribution < 1.29 is 19.4 Å². The van der Waals surface area contributed by atoms with Gasteiger partial charge in [-0.05, 0) is 54.6 Å². The Kier molecular flexibility index (Phi) is 4.62. The number of rotatable bonds is 5. The fourth-order valence-corrected chi connectivity index (χ4v) is 3.20. The summed E-state index contributed by atoms with van der Waals surface area (Å²) < 4.78 is 5.64. The molecule has 3 rings (SSSR count). The Morgan fingerprint density at radius 1 is 1.21 bits per heavy atom. The van der Waals surface area contributed by atoms with Crippen LogP contribution in [0.1, 0.15) is 39.9 Å². The minimum absolute atomic E-state index is 0.139. The van der Waals surface area contributed by atoms with E-state index in [1.165, 1.54) is 0 Å². The van der Waals surface area contributed by atoms with Crippen LogP contribution in [0.25, 0.3) is 0 Å². The molecule has 1 N–H and O–H groups in total. The highest BCUT2D eigenvalue weighted by Gasteiger charge is 2.26. The van der Waals surface area contributed by atoms with E-state index in [0.29, 0.717) is 35.5 Å². The Bertz CT molecular complexity index is 796. The van der Waals surface area contributed by atoms with Crippen molar-refractivity contribution in [3.8, 4) is 5.75 Å². The van der Waals surface area contributed by atoms with Crippen LogP contribution in [0.15, 0.2) is 41.3 Å². The summed E-state index contributed by atoms with van der Waals surface area (Å²) in [6.07, 6.45) is 2.68. The van der Waals surface area contributed by atoms with Gasteiger partial charge in [0.2, 0.25) is 0 Å². The lowest BCUT2D eigenvalue weighted by Crippen LogP contribution is -2.10. The van der Waals surface area contributed by atoms with Crippen LogP contribution in [0.4, 0.5) is 0 Å². The average Bonchev–Trinajstić information content (AvgIpc) is 3.08. The van der Waals surface area contributed by atoms with Crippen LogP contribution in [-0.4, -0.2) is 29.7 Å². The minimum atomic E-state index is -0.906. The molecule has 2 aromatic rings. The molecule has 1 atom stereocenters. The molecule has 4 nitrogen and oxygen atoms in total. The molecule has 1 aliphatic rings. The standard InChI is InChI=1S/C19H18O4S/c1-11(19(21)22)14-9-13-7-8-23-18(13)16(10-14)17(20)12-3-5-15(24-2)6-4-12/h3-6,9-11H,7-8H2,1-2H3,(H,21,22). The molecule has 1 heterocycles. The molecule has 0 amide bonds. The van der Waals surface area contributed by atoms with Crippen molar-refractivity contribution in [2.75, 3.05) is 12.9 Å². The summed E-state index contributed by atoms with van der Waals surface area (Å²) in [5.74, 6) is -1.12. The Hall–Kier alpha value is -2.27. The van der Waals surface area contributed by atoms with Gasteiger partial charge in [-0.2, -0.15) is 0 Å². The number of hydrogen-bond acceptors (Lipinski definition) is 4. The number of fused-ring (bicyclic) bond motifs is 1. The van der Waals surface area contributed by atoms with Crippen molar-refractivity contribution in [3.05, 3.63) is 58.7 Å². The van der Waals surface area contributed by atoms with Gasteiger partial charge in [-0.1, -0.05) is 6.07 Å². The van der Waals surface area contributed by atoms with E-state index >= 15 is 0 Å². The highest BCUT2D eigenvalue weighted by Crippen LogP contribution is 2.35. The lowest BCUT2D eigenvalue weighted by Gasteiger charge is -2.13. The first-order chi connectivity index (χ1) is 11.5. The second-order valence-electron chi connectivity index (χ2n) is 5.77. The van der Waals surface area contributed by atoms with Gasteiger partial charge >= 0.3 is 5.97 Å². The molecule has 0 aliphatic carbocycles. The van der Waals surface area contributed by atoms with Crippen molar-refractivity contribution in [2.45, 2.75) is 24.2 Å². The molecule has 1 unspecified atom stereocenters. The second kappa shape index (κ2) is 6.69. The van der Waals surface area contributed by atoms with Crippen molar-refractivity contribution in [1.29, 1.82) is 0 Å². The van der Waals surface area contributed by atoms with E-state index in [-0.39, 0.29) is 5.78 Å². The molecule has 0 spiro atoms. The number of benzene rings is 2. The fourth-order valence-electron chi connectivity index (χ4n) is 2.79. The first kappa shape index (κ1) is 16.6. The van der Waals surface area contributed by atoms with Gasteiger partial charge in [0.15, 0.2) is 5.78 Å². The summed E-state index contributed by atoms with van der Waals surface area (Å²) in [6, 6.07) is 10.9. The summed E-state index contributed by atoms with van der Waals surface area (Å²) in [7, 11) is 0. The molecule has 0 aromatic heterocycles. The zero-order valence-corrected chi connectivity index (χ0v) is 14.4. The summed E-state index contributed by atoms with van der Waals surface area (Å²) in [4.78, 5) is 25.3. The number of ether oxygens (including phenoxy) is 1. The second-order valence-corrected chi connectivity index (χ2v) is 6.65. The quantitative estimate of drug-likeness (QED) is 0.662. The zero-order chi connectivity index (χ0) is 17.3. The van der Waals surface area contributed by atoms with Crippen LogP contribution in [-0.2, 0) is 11.2 Å². The van der Waals surface area contributed by atoms with Crippen LogP contribution in [0.2, 0.25) is 0 Å². The molecular weight excluding hydrogens is 324 g/mol. The molecule has 0 fully saturated rings. The van der Waals surface area contributed by atoms with Crippen molar-refractivity contribution >= 4 is 23.5 Å². The Balaban J connectivity index is 2.05. The number of carboxylic acid groups (broad SMARTS) is 1. The van der Waals surface area contributed by atoms with Crippen molar-refractivity contribution in [3.63, 3.8) is 0 Å². The van der Waals surface area contributed by atoms with E-state index in [4.69, 9.17) is 4.74 Å². The van der Waals surface area contributed by atoms with Crippen LogP contribution in [0.3, 0.4) is 0 Å². The minimum Gasteiger partial charge on any atom is -0.492 e. The van der Waals surface area contributed by atoms with Gasteiger partial charge in [0, 0.05) is 16.9 Å². The van der Waals surface area contributed by atoms with Gasteiger partial charge in [-0.25, -0.2) is 0 Å². The highest BCUT2D eigenvalue weighted by molar-refractivity contribution is 7.98. The van der Waals surface area contributed by atoms with E-state index in [1.807, 2.05) is 24.5 Å². The van der Waals surface area contributed by atoms with Crippen molar-refractivity contribution in [2.24, 2.45) is 0 Å². The van der Waals surface area contributed by atoms with Gasteiger partial charge in [0.05, 0.1) is 18.1 Å². The highest BCUT2D eigenvalue weighted by atomic mass is 32.2. The number of thioether (sulfide) groups is 1. The zero-order valence-electron chi connectivity index (χ0n) is 13.5. The SMILES string of the molecule is CSc1ccc(C(=O)c2cc(C(C)C(=O)O)cc3c2OCC3)cc1. The Labute approximate surface area is 144 Å². The molecule has 5 heteroatoms. The number of carbonyl (C=O) groups is 2. The summed E-state index contributed by atoms with van der Waals surface area (Å²) in [5, 5.41) is 9.27. The molecule has 2 aromatic carbocycles. The molecule has 1 aliphatic heterocycles. The van der Waals surface area contributed by atoms with E-state index in [2.05, 4.69) is 0 Å². The lowest BCUT2D eigenvalue weighted by molar-refractivity contribution is -0.138. The first-order valence-corrected chi connectivity index (χ1v) is 8.95. The smallest absolute Gasteiger partial charge is 0.310 e. The predicted molar refractivity (Wildman–Crippen MR) is 93.3 cm³/mol. The Morgan fingerprint density at radius 2 is 1.92 bits per heavy atom. The van der Waals surface area contributed by atoms with Crippen molar-refractivity contribution in [1.82, 2.24) is 0 Å². The normalized spacial score (nSPS) is 13.9. The molecule has 0 bridgehead atoms. The third-order valence-electron chi connectivity index (χ3n) is 4.27. The van der Waals surface area contributed by atoms with Crippen LogP contribution in [0, 0.1) is 0 Å². The largest absolute Gasteiger partial charge is 0.492 e. The molecule has 0 saturated carbocycles. The average molecular weight is 342 g/mol. The maximum absolute atomic E-state index is 12.9. The number of carbonyl (C=O) groups excluding carboxylic acids is 1.